The van der Waals surface area contributed by atoms with Crippen LogP contribution in [0.15, 0.2) is 91.0 Å². The summed E-state index contributed by atoms with van der Waals surface area (Å²) in [5, 5.41) is 13.3. The molecule has 3 aromatic rings. The molecule has 1 saturated heterocycles. The number of nitrogens with one attached hydrogen (secondary N) is 1. The molecular weight excluding hydrogens is 506 g/mol. The predicted molar refractivity (Wildman–Crippen MR) is 136 cm³/mol. The van der Waals surface area contributed by atoms with Gasteiger partial charge in [0.2, 0.25) is 5.91 Å². The SMILES string of the molecule is CC(=O)NC1C(OC(=O)c2ccccc2)[C@H](OC(=O)c2ccccc2)C(COC(=O)c2ccccc2)O[C@H]1O. The van der Waals surface area contributed by atoms with Crippen molar-refractivity contribution < 1.29 is 43.2 Å². The maximum Gasteiger partial charge on any atom is 0.338 e. The number of hydrogen-bond acceptors (Lipinski definition) is 9. The first-order chi connectivity index (χ1) is 18.8. The van der Waals surface area contributed by atoms with Crippen LogP contribution < -0.4 is 5.32 Å². The van der Waals surface area contributed by atoms with E-state index in [1.165, 1.54) is 31.2 Å². The molecule has 202 valence electrons. The number of esters is 3. The fourth-order valence-electron chi connectivity index (χ4n) is 4.07. The van der Waals surface area contributed by atoms with Gasteiger partial charge in [-0.25, -0.2) is 14.4 Å². The number of benzene rings is 3. The normalized spacial score (nSPS) is 22.3. The molecular formula is C29H27NO9. The van der Waals surface area contributed by atoms with Crippen molar-refractivity contribution >= 4 is 23.8 Å². The number of carbonyl (C=O) groups is 4. The van der Waals surface area contributed by atoms with E-state index in [1.807, 2.05) is 0 Å². The highest BCUT2D eigenvalue weighted by atomic mass is 16.7. The van der Waals surface area contributed by atoms with Gasteiger partial charge in [0.05, 0.1) is 16.7 Å². The summed E-state index contributed by atoms with van der Waals surface area (Å²) in [7, 11) is 0. The van der Waals surface area contributed by atoms with E-state index >= 15 is 0 Å². The van der Waals surface area contributed by atoms with Gasteiger partial charge in [-0.3, -0.25) is 4.79 Å². The third-order valence-corrected chi connectivity index (χ3v) is 5.93. The van der Waals surface area contributed by atoms with Crippen LogP contribution in [0.4, 0.5) is 0 Å². The van der Waals surface area contributed by atoms with Crippen molar-refractivity contribution in [3.8, 4) is 0 Å². The first kappa shape index (κ1) is 27.5. The molecule has 10 nitrogen and oxygen atoms in total. The fraction of sp³-hybridized carbons (Fsp3) is 0.241. The molecule has 1 aliphatic heterocycles. The van der Waals surface area contributed by atoms with E-state index in [4.69, 9.17) is 18.9 Å². The Morgan fingerprint density at radius 1 is 0.718 bits per heavy atom. The number of aliphatic hydroxyl groups excluding tert-OH is 1. The molecule has 0 saturated carbocycles. The maximum atomic E-state index is 13.1. The first-order valence-corrected chi connectivity index (χ1v) is 12.2. The number of carbonyl (C=O) groups excluding carboxylic acids is 4. The van der Waals surface area contributed by atoms with Crippen LogP contribution in [0, 0.1) is 0 Å². The smallest absolute Gasteiger partial charge is 0.338 e. The Balaban J connectivity index is 1.64. The van der Waals surface area contributed by atoms with E-state index in [1.54, 1.807) is 66.7 Å². The fourth-order valence-corrected chi connectivity index (χ4v) is 4.07. The molecule has 0 radical (unpaired) electrons. The quantitative estimate of drug-likeness (QED) is 0.330. The zero-order chi connectivity index (χ0) is 27.8. The van der Waals surface area contributed by atoms with Crippen LogP contribution in [0.1, 0.15) is 38.0 Å². The number of amides is 1. The van der Waals surface area contributed by atoms with Gasteiger partial charge in [-0.1, -0.05) is 54.6 Å². The average molecular weight is 534 g/mol. The lowest BCUT2D eigenvalue weighted by Gasteiger charge is -2.43. The molecule has 5 atom stereocenters. The molecule has 0 bridgehead atoms. The second-order valence-corrected chi connectivity index (χ2v) is 8.73. The minimum Gasteiger partial charge on any atom is -0.459 e. The van der Waals surface area contributed by atoms with Crippen molar-refractivity contribution in [2.24, 2.45) is 0 Å². The van der Waals surface area contributed by atoms with Gasteiger partial charge in [-0.05, 0) is 36.4 Å². The summed E-state index contributed by atoms with van der Waals surface area (Å²) in [5.74, 6) is -2.79. The minimum absolute atomic E-state index is 0.195. The van der Waals surface area contributed by atoms with E-state index < -0.39 is 61.1 Å². The summed E-state index contributed by atoms with van der Waals surface area (Å²) < 4.78 is 22.5. The molecule has 3 aromatic carbocycles. The summed E-state index contributed by atoms with van der Waals surface area (Å²) in [4.78, 5) is 50.6. The summed E-state index contributed by atoms with van der Waals surface area (Å²) in [6, 6.07) is 23.0. The largest absolute Gasteiger partial charge is 0.459 e. The van der Waals surface area contributed by atoms with Crippen LogP contribution in [0.2, 0.25) is 0 Å². The van der Waals surface area contributed by atoms with Crippen molar-refractivity contribution in [1.29, 1.82) is 0 Å². The van der Waals surface area contributed by atoms with Crippen LogP contribution in [-0.4, -0.2) is 66.2 Å². The topological polar surface area (TPSA) is 137 Å². The second kappa shape index (κ2) is 12.8. The van der Waals surface area contributed by atoms with Crippen molar-refractivity contribution in [2.75, 3.05) is 6.61 Å². The lowest BCUT2D eigenvalue weighted by molar-refractivity contribution is -0.253. The van der Waals surface area contributed by atoms with E-state index in [-0.39, 0.29) is 16.7 Å². The number of ether oxygens (including phenoxy) is 4. The Kier molecular flexibility index (Phi) is 9.03. The zero-order valence-electron chi connectivity index (χ0n) is 21.0. The van der Waals surface area contributed by atoms with Crippen LogP contribution in [0.5, 0.6) is 0 Å². The average Bonchev–Trinajstić information content (AvgIpc) is 2.96. The van der Waals surface area contributed by atoms with Gasteiger partial charge >= 0.3 is 17.9 Å². The molecule has 39 heavy (non-hydrogen) atoms. The second-order valence-electron chi connectivity index (χ2n) is 8.73. The maximum absolute atomic E-state index is 13.1. The van der Waals surface area contributed by atoms with Gasteiger partial charge in [0.25, 0.3) is 0 Å². The molecule has 3 unspecified atom stereocenters. The molecule has 1 fully saturated rings. The number of aliphatic hydroxyl groups is 1. The first-order valence-electron chi connectivity index (χ1n) is 12.2. The van der Waals surface area contributed by atoms with Crippen LogP contribution >= 0.6 is 0 Å². The van der Waals surface area contributed by atoms with Gasteiger partial charge in [-0.15, -0.1) is 0 Å². The highest BCUT2D eigenvalue weighted by Gasteiger charge is 2.51. The molecule has 2 N–H and O–H groups in total. The third-order valence-electron chi connectivity index (χ3n) is 5.93. The van der Waals surface area contributed by atoms with Crippen molar-refractivity contribution in [1.82, 2.24) is 5.32 Å². The van der Waals surface area contributed by atoms with Crippen LogP contribution in [-0.2, 0) is 23.7 Å². The van der Waals surface area contributed by atoms with Crippen molar-refractivity contribution in [2.45, 2.75) is 37.6 Å². The standard InChI is InChI=1S/C29H27NO9/c1-18(31)30-23-25(39-28(34)21-15-9-4-10-16-21)24(38-27(33)20-13-7-3-8-14-20)22(37-29(23)35)17-36-26(32)19-11-5-2-6-12-19/h2-16,22-25,29,35H,17H2,1H3,(H,30,31)/t22?,23?,24-,25?,29-/m1/s1. The molecule has 0 aromatic heterocycles. The molecule has 4 rings (SSSR count). The predicted octanol–water partition coefficient (Wildman–Crippen LogP) is 2.52. The lowest BCUT2D eigenvalue weighted by atomic mass is 9.96. The zero-order valence-corrected chi connectivity index (χ0v) is 21.0. The van der Waals surface area contributed by atoms with Crippen LogP contribution in [0.25, 0.3) is 0 Å². The monoisotopic (exact) mass is 533 g/mol. The summed E-state index contributed by atoms with van der Waals surface area (Å²) in [6.45, 7) is 0.755. The molecule has 10 heteroatoms. The highest BCUT2D eigenvalue weighted by molar-refractivity contribution is 5.91. The molecule has 1 amide bonds. The Morgan fingerprint density at radius 2 is 1.15 bits per heavy atom. The molecule has 0 spiro atoms. The van der Waals surface area contributed by atoms with Gasteiger partial charge in [-0.2, -0.15) is 0 Å². The van der Waals surface area contributed by atoms with E-state index in [9.17, 15) is 24.3 Å². The highest BCUT2D eigenvalue weighted by Crippen LogP contribution is 2.28. The summed E-state index contributed by atoms with van der Waals surface area (Å²) >= 11 is 0. The Hall–Kier alpha value is -4.54. The lowest BCUT2D eigenvalue weighted by Crippen LogP contribution is -2.66. The number of hydrogen-bond donors (Lipinski definition) is 2. The third kappa shape index (κ3) is 7.07. The van der Waals surface area contributed by atoms with Gasteiger partial charge < -0.3 is 29.4 Å². The number of rotatable bonds is 8. The molecule has 1 heterocycles. The van der Waals surface area contributed by atoms with Crippen molar-refractivity contribution in [3.05, 3.63) is 108 Å². The molecule has 1 aliphatic rings. The Bertz CT molecular complexity index is 1280. The summed E-state index contributed by atoms with van der Waals surface area (Å²) in [6.07, 6.45) is -5.72. The van der Waals surface area contributed by atoms with E-state index in [0.29, 0.717) is 0 Å². The van der Waals surface area contributed by atoms with Gasteiger partial charge in [0.1, 0.15) is 18.8 Å². The Morgan fingerprint density at radius 3 is 1.62 bits per heavy atom. The Labute approximate surface area is 224 Å². The minimum atomic E-state index is -1.69. The van der Waals surface area contributed by atoms with E-state index in [0.717, 1.165) is 0 Å². The summed E-state index contributed by atoms with van der Waals surface area (Å²) in [5.41, 5.74) is 0.669. The van der Waals surface area contributed by atoms with Crippen LogP contribution in [0.3, 0.4) is 0 Å². The van der Waals surface area contributed by atoms with Crippen molar-refractivity contribution in [3.63, 3.8) is 0 Å². The van der Waals surface area contributed by atoms with E-state index in [2.05, 4.69) is 5.32 Å². The molecule has 0 aliphatic carbocycles. The van der Waals surface area contributed by atoms with Gasteiger partial charge in [0, 0.05) is 6.92 Å². The van der Waals surface area contributed by atoms with Gasteiger partial charge in [0.15, 0.2) is 18.5 Å².